The first-order valence-electron chi connectivity index (χ1n) is 8.65. The van der Waals surface area contributed by atoms with Crippen LogP contribution in [0.15, 0.2) is 18.2 Å². The second-order valence-electron chi connectivity index (χ2n) is 6.42. The summed E-state index contributed by atoms with van der Waals surface area (Å²) in [5.74, 6) is -0.921. The Balaban J connectivity index is 1.70. The normalized spacial score (nSPS) is 22.1. The molecule has 26 heavy (non-hydrogen) atoms. The van der Waals surface area contributed by atoms with Gasteiger partial charge in [0.05, 0.1) is 40.7 Å². The minimum Gasteiger partial charge on any atom is -0.466 e. The zero-order chi connectivity index (χ0) is 18.8. The smallest absolute Gasteiger partial charge is 0.309 e. The number of hydrogen-bond acceptors (Lipinski definition) is 5. The molecule has 1 aromatic carbocycles. The van der Waals surface area contributed by atoms with Crippen LogP contribution in [0.1, 0.15) is 26.2 Å². The quantitative estimate of drug-likeness (QED) is 0.576. The lowest BCUT2D eigenvalue weighted by atomic mass is 9.95. The summed E-state index contributed by atoms with van der Waals surface area (Å²) >= 11 is 12.2. The first-order valence-corrected chi connectivity index (χ1v) is 9.41. The summed E-state index contributed by atoms with van der Waals surface area (Å²) in [7, 11) is 0. The van der Waals surface area contributed by atoms with Crippen molar-refractivity contribution in [3.8, 4) is 0 Å². The van der Waals surface area contributed by atoms with E-state index in [9.17, 15) is 14.4 Å². The van der Waals surface area contributed by atoms with E-state index < -0.39 is 6.04 Å². The van der Waals surface area contributed by atoms with Gasteiger partial charge in [-0.25, -0.2) is 4.90 Å². The summed E-state index contributed by atoms with van der Waals surface area (Å²) in [4.78, 5) is 40.3. The number of hydrogen-bond donors (Lipinski definition) is 0. The average molecular weight is 399 g/mol. The SMILES string of the molecule is CCOC(=O)C1CCN(C2CC(=O)N(c3cccc(Cl)c3Cl)C2=O)CC1. The molecule has 0 N–H and O–H groups in total. The lowest BCUT2D eigenvalue weighted by Gasteiger charge is -2.33. The molecule has 2 fully saturated rings. The van der Waals surface area contributed by atoms with Gasteiger partial charge in [-0.05, 0) is 45.0 Å². The number of imide groups is 1. The van der Waals surface area contributed by atoms with Gasteiger partial charge < -0.3 is 4.74 Å². The number of halogens is 2. The fourth-order valence-electron chi connectivity index (χ4n) is 3.53. The molecule has 2 amide bonds. The van der Waals surface area contributed by atoms with Crippen molar-refractivity contribution >= 4 is 46.7 Å². The summed E-state index contributed by atoms with van der Waals surface area (Å²) in [6.07, 6.45) is 1.34. The van der Waals surface area contributed by atoms with Gasteiger partial charge in [-0.3, -0.25) is 19.3 Å². The van der Waals surface area contributed by atoms with Crippen LogP contribution in [0.2, 0.25) is 10.0 Å². The summed E-state index contributed by atoms with van der Waals surface area (Å²) < 4.78 is 5.07. The van der Waals surface area contributed by atoms with E-state index in [4.69, 9.17) is 27.9 Å². The van der Waals surface area contributed by atoms with Crippen molar-refractivity contribution < 1.29 is 19.1 Å². The number of ether oxygens (including phenoxy) is 1. The molecule has 0 spiro atoms. The predicted molar refractivity (Wildman–Crippen MR) is 98.3 cm³/mol. The van der Waals surface area contributed by atoms with E-state index in [2.05, 4.69) is 0 Å². The molecule has 0 radical (unpaired) electrons. The van der Waals surface area contributed by atoms with Crippen molar-refractivity contribution in [3.05, 3.63) is 28.2 Å². The molecule has 2 heterocycles. The summed E-state index contributed by atoms with van der Waals surface area (Å²) in [5.41, 5.74) is 0.318. The Bertz CT molecular complexity index is 732. The van der Waals surface area contributed by atoms with Crippen molar-refractivity contribution in [2.24, 2.45) is 5.92 Å². The number of likely N-dealkylation sites (tertiary alicyclic amines) is 1. The average Bonchev–Trinajstić information content (AvgIpc) is 2.92. The Morgan fingerprint density at radius 2 is 1.92 bits per heavy atom. The number of piperidine rings is 1. The van der Waals surface area contributed by atoms with E-state index in [0.717, 1.165) is 4.90 Å². The maximum absolute atomic E-state index is 12.9. The van der Waals surface area contributed by atoms with Gasteiger partial charge in [0.15, 0.2) is 0 Å². The first kappa shape index (κ1) is 19.1. The van der Waals surface area contributed by atoms with E-state index in [0.29, 0.717) is 43.2 Å². The van der Waals surface area contributed by atoms with E-state index >= 15 is 0 Å². The number of anilines is 1. The van der Waals surface area contributed by atoms with Gasteiger partial charge in [-0.2, -0.15) is 0 Å². The molecular formula is C18H20Cl2N2O4. The highest BCUT2D eigenvalue weighted by Crippen LogP contribution is 2.36. The highest BCUT2D eigenvalue weighted by atomic mass is 35.5. The third-order valence-corrected chi connectivity index (χ3v) is 5.69. The Labute approximate surface area is 162 Å². The first-order chi connectivity index (χ1) is 12.4. The van der Waals surface area contributed by atoms with Crippen LogP contribution in [0.3, 0.4) is 0 Å². The van der Waals surface area contributed by atoms with Gasteiger partial charge in [-0.15, -0.1) is 0 Å². The number of benzene rings is 1. The van der Waals surface area contributed by atoms with Crippen molar-refractivity contribution in [2.75, 3.05) is 24.6 Å². The van der Waals surface area contributed by atoms with E-state index in [-0.39, 0.29) is 35.1 Å². The van der Waals surface area contributed by atoms with Crippen LogP contribution in [0, 0.1) is 5.92 Å². The standard InChI is InChI=1S/C18H20Cl2N2O4/c1-2-26-18(25)11-6-8-21(9-7-11)14-10-15(23)22(17(14)24)13-5-3-4-12(19)16(13)20/h3-5,11,14H,2,6-10H2,1H3. The summed E-state index contributed by atoms with van der Waals surface area (Å²) in [6.45, 7) is 3.30. The van der Waals surface area contributed by atoms with Gasteiger partial charge in [0.25, 0.3) is 5.91 Å². The Morgan fingerprint density at radius 1 is 1.23 bits per heavy atom. The minimum absolute atomic E-state index is 0.103. The molecule has 3 rings (SSSR count). The Hall–Kier alpha value is -1.63. The number of esters is 1. The molecule has 0 aliphatic carbocycles. The minimum atomic E-state index is -0.527. The molecule has 1 atom stereocenters. The predicted octanol–water partition coefficient (Wildman–Crippen LogP) is 2.90. The van der Waals surface area contributed by atoms with Crippen LogP contribution in [0.4, 0.5) is 5.69 Å². The molecule has 1 aromatic rings. The molecule has 6 nitrogen and oxygen atoms in total. The van der Waals surface area contributed by atoms with Gasteiger partial charge in [0, 0.05) is 0 Å². The lowest BCUT2D eigenvalue weighted by molar-refractivity contribution is -0.149. The number of amides is 2. The molecule has 0 aromatic heterocycles. The lowest BCUT2D eigenvalue weighted by Crippen LogP contribution is -2.47. The fourth-order valence-corrected chi connectivity index (χ4v) is 3.91. The van der Waals surface area contributed by atoms with Crippen LogP contribution < -0.4 is 4.90 Å². The van der Waals surface area contributed by atoms with Gasteiger partial charge in [-0.1, -0.05) is 29.3 Å². The van der Waals surface area contributed by atoms with Crippen LogP contribution in [-0.2, 0) is 19.1 Å². The molecule has 140 valence electrons. The molecular weight excluding hydrogens is 379 g/mol. The van der Waals surface area contributed by atoms with E-state index in [1.807, 2.05) is 4.90 Å². The summed E-state index contributed by atoms with van der Waals surface area (Å²) in [6, 6.07) is 4.35. The van der Waals surface area contributed by atoms with Crippen LogP contribution in [0.25, 0.3) is 0 Å². The molecule has 2 aliphatic rings. The third kappa shape index (κ3) is 3.59. The van der Waals surface area contributed by atoms with Crippen LogP contribution in [0.5, 0.6) is 0 Å². The van der Waals surface area contributed by atoms with E-state index in [1.165, 1.54) is 0 Å². The molecule has 0 saturated carbocycles. The summed E-state index contributed by atoms with van der Waals surface area (Å²) in [5, 5.41) is 0.487. The largest absolute Gasteiger partial charge is 0.466 e. The molecule has 2 aliphatic heterocycles. The maximum atomic E-state index is 12.9. The maximum Gasteiger partial charge on any atom is 0.309 e. The Kier molecular flexibility index (Phi) is 5.85. The fraction of sp³-hybridized carbons (Fsp3) is 0.500. The zero-order valence-electron chi connectivity index (χ0n) is 14.4. The number of carbonyl (C=O) groups excluding carboxylic acids is 3. The van der Waals surface area contributed by atoms with Crippen LogP contribution in [-0.4, -0.2) is 48.4 Å². The highest BCUT2D eigenvalue weighted by Gasteiger charge is 2.44. The molecule has 8 heteroatoms. The number of rotatable bonds is 4. The number of nitrogens with zero attached hydrogens (tertiary/aromatic N) is 2. The van der Waals surface area contributed by atoms with Gasteiger partial charge >= 0.3 is 5.97 Å². The van der Waals surface area contributed by atoms with Crippen LogP contribution >= 0.6 is 23.2 Å². The van der Waals surface area contributed by atoms with Crippen molar-refractivity contribution in [2.45, 2.75) is 32.2 Å². The topological polar surface area (TPSA) is 66.9 Å². The van der Waals surface area contributed by atoms with Crippen molar-refractivity contribution in [1.29, 1.82) is 0 Å². The monoisotopic (exact) mass is 398 g/mol. The molecule has 1 unspecified atom stereocenters. The Morgan fingerprint density at radius 3 is 2.58 bits per heavy atom. The molecule has 2 saturated heterocycles. The van der Waals surface area contributed by atoms with E-state index in [1.54, 1.807) is 25.1 Å². The van der Waals surface area contributed by atoms with Crippen molar-refractivity contribution in [1.82, 2.24) is 4.90 Å². The third-order valence-electron chi connectivity index (χ3n) is 4.89. The van der Waals surface area contributed by atoms with Gasteiger partial charge in [0.2, 0.25) is 5.91 Å². The second-order valence-corrected chi connectivity index (χ2v) is 7.21. The van der Waals surface area contributed by atoms with Gasteiger partial charge in [0.1, 0.15) is 0 Å². The molecule has 0 bridgehead atoms. The second kappa shape index (κ2) is 7.94. The highest BCUT2D eigenvalue weighted by molar-refractivity contribution is 6.44. The number of carbonyl (C=O) groups is 3. The zero-order valence-corrected chi connectivity index (χ0v) is 15.9. The van der Waals surface area contributed by atoms with Crippen molar-refractivity contribution in [3.63, 3.8) is 0 Å².